The molecule has 2 heterocycles. The van der Waals surface area contributed by atoms with E-state index in [-0.39, 0.29) is 11.8 Å². The number of para-hydroxylation sites is 1. The number of nitrogens with zero attached hydrogens (tertiary/aromatic N) is 4. The van der Waals surface area contributed by atoms with Gasteiger partial charge in [-0.25, -0.2) is 0 Å². The van der Waals surface area contributed by atoms with Crippen LogP contribution in [0.3, 0.4) is 0 Å². The van der Waals surface area contributed by atoms with Crippen LogP contribution in [0, 0.1) is 0 Å². The van der Waals surface area contributed by atoms with Crippen molar-refractivity contribution in [3.63, 3.8) is 0 Å². The predicted octanol–water partition coefficient (Wildman–Crippen LogP) is 4.08. The molecule has 0 aliphatic carbocycles. The van der Waals surface area contributed by atoms with E-state index in [1.165, 1.54) is 11.8 Å². The molecule has 160 valence electrons. The van der Waals surface area contributed by atoms with Gasteiger partial charge in [0.25, 0.3) is 0 Å². The van der Waals surface area contributed by atoms with E-state index in [9.17, 15) is 9.59 Å². The quantitative estimate of drug-likeness (QED) is 0.540. The SMILES string of the molecule is CCc1nnc(SCCC(=O)Nc2cccc(N3CCCC3=O)c2)n1-c1ccccc1. The minimum Gasteiger partial charge on any atom is -0.326 e. The van der Waals surface area contributed by atoms with E-state index >= 15 is 0 Å². The van der Waals surface area contributed by atoms with Gasteiger partial charge >= 0.3 is 0 Å². The van der Waals surface area contributed by atoms with Crippen molar-refractivity contribution in [1.29, 1.82) is 0 Å². The normalized spacial score (nSPS) is 13.6. The standard InChI is InChI=1S/C23H25N5O2S/c1-2-20-25-26-23(28(20)18-9-4-3-5-10-18)31-15-13-21(29)24-17-8-6-11-19(16-17)27-14-7-12-22(27)30/h3-6,8-11,16H,2,7,12-15H2,1H3,(H,24,29). The van der Waals surface area contributed by atoms with Crippen LogP contribution in [0.2, 0.25) is 0 Å². The maximum atomic E-state index is 12.5. The average molecular weight is 436 g/mol. The molecule has 0 spiro atoms. The van der Waals surface area contributed by atoms with Crippen LogP contribution < -0.4 is 10.2 Å². The Morgan fingerprint density at radius 2 is 1.90 bits per heavy atom. The van der Waals surface area contributed by atoms with Crippen LogP contribution in [0.25, 0.3) is 5.69 Å². The third kappa shape index (κ3) is 4.96. The van der Waals surface area contributed by atoms with Crippen molar-refractivity contribution in [2.75, 3.05) is 22.5 Å². The molecule has 1 aliphatic rings. The fourth-order valence-corrected chi connectivity index (χ4v) is 4.50. The lowest BCUT2D eigenvalue weighted by Crippen LogP contribution is -2.23. The van der Waals surface area contributed by atoms with E-state index < -0.39 is 0 Å². The van der Waals surface area contributed by atoms with Crippen molar-refractivity contribution in [3.05, 3.63) is 60.4 Å². The highest BCUT2D eigenvalue weighted by Crippen LogP contribution is 2.25. The first-order valence-corrected chi connectivity index (χ1v) is 11.5. The van der Waals surface area contributed by atoms with Gasteiger partial charge in [-0.15, -0.1) is 10.2 Å². The van der Waals surface area contributed by atoms with E-state index in [0.29, 0.717) is 24.3 Å². The molecule has 0 unspecified atom stereocenters. The summed E-state index contributed by atoms with van der Waals surface area (Å²) in [5.41, 5.74) is 2.55. The Morgan fingerprint density at radius 3 is 2.65 bits per heavy atom. The number of amides is 2. The summed E-state index contributed by atoms with van der Waals surface area (Å²) in [7, 11) is 0. The number of aromatic nitrogens is 3. The van der Waals surface area contributed by atoms with Crippen molar-refractivity contribution in [2.45, 2.75) is 37.8 Å². The second kappa shape index (κ2) is 9.78. The molecule has 0 saturated carbocycles. The Bertz CT molecular complexity index is 1070. The third-order valence-corrected chi connectivity index (χ3v) is 6.04. The fraction of sp³-hybridized carbons (Fsp3) is 0.304. The minimum absolute atomic E-state index is 0.0705. The summed E-state index contributed by atoms with van der Waals surface area (Å²) in [6, 6.07) is 17.5. The van der Waals surface area contributed by atoms with Crippen molar-refractivity contribution in [3.8, 4) is 5.69 Å². The molecule has 3 aromatic rings. The molecule has 1 aliphatic heterocycles. The molecule has 8 heteroatoms. The molecule has 2 amide bonds. The molecule has 1 saturated heterocycles. The monoisotopic (exact) mass is 435 g/mol. The van der Waals surface area contributed by atoms with Crippen LogP contribution in [0.5, 0.6) is 0 Å². The number of hydrogen-bond donors (Lipinski definition) is 1. The first-order valence-electron chi connectivity index (χ1n) is 10.5. The zero-order chi connectivity index (χ0) is 21.6. The molecule has 1 aromatic heterocycles. The van der Waals surface area contributed by atoms with Gasteiger partial charge < -0.3 is 10.2 Å². The van der Waals surface area contributed by atoms with Crippen LogP contribution in [0.15, 0.2) is 59.8 Å². The van der Waals surface area contributed by atoms with Gasteiger partial charge in [0.05, 0.1) is 0 Å². The molecule has 4 rings (SSSR count). The van der Waals surface area contributed by atoms with Crippen molar-refractivity contribution in [1.82, 2.24) is 14.8 Å². The summed E-state index contributed by atoms with van der Waals surface area (Å²) in [4.78, 5) is 26.2. The number of benzene rings is 2. The molecular formula is C23H25N5O2S. The lowest BCUT2D eigenvalue weighted by Gasteiger charge is -2.16. The van der Waals surface area contributed by atoms with Crippen molar-refractivity contribution in [2.24, 2.45) is 0 Å². The minimum atomic E-state index is -0.0705. The van der Waals surface area contributed by atoms with Gasteiger partial charge in [-0.05, 0) is 36.8 Å². The maximum Gasteiger partial charge on any atom is 0.227 e. The third-order valence-electron chi connectivity index (χ3n) is 5.11. The molecule has 0 bridgehead atoms. The number of nitrogens with one attached hydrogen (secondary N) is 1. The topological polar surface area (TPSA) is 80.1 Å². The average Bonchev–Trinajstić information content (AvgIpc) is 3.40. The first-order chi connectivity index (χ1) is 15.2. The number of carbonyl (C=O) groups is 2. The van der Waals surface area contributed by atoms with Gasteiger partial charge in [0.1, 0.15) is 5.82 Å². The highest BCUT2D eigenvalue weighted by atomic mass is 32.2. The van der Waals surface area contributed by atoms with E-state index in [1.54, 1.807) is 4.90 Å². The van der Waals surface area contributed by atoms with Crippen LogP contribution >= 0.6 is 11.8 Å². The lowest BCUT2D eigenvalue weighted by atomic mass is 10.2. The van der Waals surface area contributed by atoms with Gasteiger partial charge in [0.15, 0.2) is 5.16 Å². The number of rotatable bonds is 8. The first kappa shape index (κ1) is 21.1. The summed E-state index contributed by atoms with van der Waals surface area (Å²) < 4.78 is 2.04. The van der Waals surface area contributed by atoms with Crippen LogP contribution in [0.4, 0.5) is 11.4 Å². The summed E-state index contributed by atoms with van der Waals surface area (Å²) in [6.45, 7) is 2.78. The Morgan fingerprint density at radius 1 is 1.10 bits per heavy atom. The van der Waals surface area contributed by atoms with Crippen molar-refractivity contribution < 1.29 is 9.59 Å². The molecule has 2 aromatic carbocycles. The smallest absolute Gasteiger partial charge is 0.227 e. The zero-order valence-corrected chi connectivity index (χ0v) is 18.3. The number of thioether (sulfide) groups is 1. The second-order valence-electron chi connectivity index (χ2n) is 7.27. The lowest BCUT2D eigenvalue weighted by molar-refractivity contribution is -0.117. The summed E-state index contributed by atoms with van der Waals surface area (Å²) >= 11 is 1.52. The summed E-state index contributed by atoms with van der Waals surface area (Å²) in [5.74, 6) is 1.55. The maximum absolute atomic E-state index is 12.5. The molecule has 31 heavy (non-hydrogen) atoms. The van der Waals surface area contributed by atoms with E-state index in [0.717, 1.165) is 41.7 Å². The Labute approximate surface area is 185 Å². The molecule has 1 N–H and O–H groups in total. The number of carbonyl (C=O) groups excluding carboxylic acids is 2. The van der Waals surface area contributed by atoms with E-state index in [4.69, 9.17) is 0 Å². The van der Waals surface area contributed by atoms with Gasteiger partial charge in [0, 0.05) is 48.6 Å². The molecule has 0 radical (unpaired) electrons. The number of anilines is 2. The molecule has 7 nitrogen and oxygen atoms in total. The van der Waals surface area contributed by atoms with Gasteiger partial charge in [-0.3, -0.25) is 14.2 Å². The Kier molecular flexibility index (Phi) is 6.66. The molecule has 1 fully saturated rings. The van der Waals surface area contributed by atoms with Crippen LogP contribution in [-0.2, 0) is 16.0 Å². The number of aryl methyl sites for hydroxylation is 1. The highest BCUT2D eigenvalue weighted by Gasteiger charge is 2.21. The van der Waals surface area contributed by atoms with Gasteiger partial charge in [-0.2, -0.15) is 0 Å². The van der Waals surface area contributed by atoms with E-state index in [2.05, 4.69) is 22.4 Å². The Balaban J connectivity index is 1.35. The van der Waals surface area contributed by atoms with Gasteiger partial charge in [-0.1, -0.05) is 43.0 Å². The highest BCUT2D eigenvalue weighted by molar-refractivity contribution is 7.99. The summed E-state index contributed by atoms with van der Waals surface area (Å²) in [5, 5.41) is 12.3. The number of hydrogen-bond acceptors (Lipinski definition) is 5. The van der Waals surface area contributed by atoms with Crippen LogP contribution in [0.1, 0.15) is 32.0 Å². The summed E-state index contributed by atoms with van der Waals surface area (Å²) in [6.07, 6.45) is 2.58. The second-order valence-corrected chi connectivity index (χ2v) is 8.33. The van der Waals surface area contributed by atoms with Crippen LogP contribution in [-0.4, -0.2) is 38.9 Å². The fourth-order valence-electron chi connectivity index (χ4n) is 3.59. The largest absolute Gasteiger partial charge is 0.326 e. The predicted molar refractivity (Wildman–Crippen MR) is 123 cm³/mol. The molecular weight excluding hydrogens is 410 g/mol. The Hall–Kier alpha value is -3.13. The van der Waals surface area contributed by atoms with Gasteiger partial charge in [0.2, 0.25) is 11.8 Å². The zero-order valence-electron chi connectivity index (χ0n) is 17.5. The van der Waals surface area contributed by atoms with E-state index in [1.807, 2.05) is 59.2 Å². The van der Waals surface area contributed by atoms with Crippen molar-refractivity contribution >= 4 is 35.0 Å². The molecule has 0 atom stereocenters.